The molecule has 0 aliphatic heterocycles. The Labute approximate surface area is 118 Å². The first-order valence-electron chi connectivity index (χ1n) is 6.75. The van der Waals surface area contributed by atoms with Gasteiger partial charge in [-0.3, -0.25) is 4.98 Å². The van der Waals surface area contributed by atoms with Crippen molar-refractivity contribution in [1.82, 2.24) is 19.9 Å². The molecular weight excluding hydrogens is 248 g/mol. The van der Waals surface area contributed by atoms with Crippen LogP contribution in [-0.2, 0) is 7.05 Å². The Hall–Kier alpha value is -2.20. The van der Waals surface area contributed by atoms with Crippen molar-refractivity contribution in [3.63, 3.8) is 0 Å². The molecule has 0 amide bonds. The van der Waals surface area contributed by atoms with Crippen molar-refractivity contribution < 1.29 is 0 Å². The van der Waals surface area contributed by atoms with E-state index in [1.807, 2.05) is 37.4 Å². The Morgan fingerprint density at radius 1 is 1.15 bits per heavy atom. The van der Waals surface area contributed by atoms with Crippen LogP contribution < -0.4 is 5.32 Å². The molecule has 2 aromatic heterocycles. The molecule has 0 bridgehead atoms. The van der Waals surface area contributed by atoms with E-state index >= 15 is 0 Å². The number of rotatable bonds is 4. The van der Waals surface area contributed by atoms with Gasteiger partial charge in [-0.25, -0.2) is 4.98 Å². The second-order valence-electron chi connectivity index (χ2n) is 4.99. The summed E-state index contributed by atoms with van der Waals surface area (Å²) in [6.07, 6.45) is 5.54. The number of benzene rings is 1. The fourth-order valence-corrected chi connectivity index (χ4v) is 2.60. The summed E-state index contributed by atoms with van der Waals surface area (Å²) in [6.45, 7) is 0.891. The van der Waals surface area contributed by atoms with Crippen molar-refractivity contribution >= 4 is 11.0 Å². The molecule has 20 heavy (non-hydrogen) atoms. The maximum atomic E-state index is 4.45. The SMILES string of the molecule is CNCC(c1ccncc1)c1ccc2c(c1)ncn2C. The number of nitrogens with one attached hydrogen (secondary N) is 1. The highest BCUT2D eigenvalue weighted by Gasteiger charge is 2.14. The first-order valence-corrected chi connectivity index (χ1v) is 6.75. The third kappa shape index (κ3) is 2.30. The van der Waals surface area contributed by atoms with Gasteiger partial charge in [0.2, 0.25) is 0 Å². The minimum Gasteiger partial charge on any atom is -0.334 e. The fourth-order valence-electron chi connectivity index (χ4n) is 2.60. The molecule has 1 N–H and O–H groups in total. The van der Waals surface area contributed by atoms with Crippen LogP contribution in [0.5, 0.6) is 0 Å². The molecule has 0 spiro atoms. The minimum atomic E-state index is 0.314. The Morgan fingerprint density at radius 2 is 1.95 bits per heavy atom. The van der Waals surface area contributed by atoms with Gasteiger partial charge in [0.1, 0.15) is 0 Å². The predicted octanol–water partition coefficient (Wildman–Crippen LogP) is 2.32. The Kier molecular flexibility index (Phi) is 3.48. The molecule has 2 heterocycles. The van der Waals surface area contributed by atoms with E-state index in [9.17, 15) is 0 Å². The molecule has 1 atom stereocenters. The molecule has 0 aliphatic carbocycles. The van der Waals surface area contributed by atoms with E-state index in [-0.39, 0.29) is 0 Å². The number of fused-ring (bicyclic) bond motifs is 1. The maximum absolute atomic E-state index is 4.45. The number of nitrogens with zero attached hydrogens (tertiary/aromatic N) is 3. The molecule has 4 nitrogen and oxygen atoms in total. The van der Waals surface area contributed by atoms with Gasteiger partial charge >= 0.3 is 0 Å². The van der Waals surface area contributed by atoms with E-state index in [1.54, 1.807) is 0 Å². The Bertz CT molecular complexity index is 703. The van der Waals surface area contributed by atoms with Crippen LogP contribution in [0.4, 0.5) is 0 Å². The van der Waals surface area contributed by atoms with Crippen LogP contribution in [0.15, 0.2) is 49.1 Å². The van der Waals surface area contributed by atoms with E-state index in [4.69, 9.17) is 0 Å². The lowest BCUT2D eigenvalue weighted by Crippen LogP contribution is -2.18. The summed E-state index contributed by atoms with van der Waals surface area (Å²) >= 11 is 0. The van der Waals surface area contributed by atoms with Crippen LogP contribution in [0.2, 0.25) is 0 Å². The lowest BCUT2D eigenvalue weighted by Gasteiger charge is -2.17. The summed E-state index contributed by atoms with van der Waals surface area (Å²) in [5.74, 6) is 0.314. The van der Waals surface area contributed by atoms with Gasteiger partial charge in [0, 0.05) is 31.9 Å². The van der Waals surface area contributed by atoms with Crippen LogP contribution in [0, 0.1) is 0 Å². The van der Waals surface area contributed by atoms with E-state index in [0.717, 1.165) is 17.6 Å². The van der Waals surface area contributed by atoms with E-state index in [0.29, 0.717) is 5.92 Å². The summed E-state index contributed by atoms with van der Waals surface area (Å²) < 4.78 is 2.04. The zero-order valence-corrected chi connectivity index (χ0v) is 11.7. The number of imidazole rings is 1. The van der Waals surface area contributed by atoms with E-state index < -0.39 is 0 Å². The van der Waals surface area contributed by atoms with Gasteiger partial charge in [-0.1, -0.05) is 6.07 Å². The van der Waals surface area contributed by atoms with Crippen LogP contribution in [0.3, 0.4) is 0 Å². The number of aryl methyl sites for hydroxylation is 1. The molecule has 3 rings (SSSR count). The summed E-state index contributed by atoms with van der Waals surface area (Å²) in [4.78, 5) is 8.54. The monoisotopic (exact) mass is 266 g/mol. The van der Waals surface area contributed by atoms with Gasteiger partial charge in [0.05, 0.1) is 17.4 Å². The maximum Gasteiger partial charge on any atom is 0.0955 e. The van der Waals surface area contributed by atoms with Gasteiger partial charge < -0.3 is 9.88 Å². The quantitative estimate of drug-likeness (QED) is 0.788. The van der Waals surface area contributed by atoms with Crippen molar-refractivity contribution in [3.8, 4) is 0 Å². The van der Waals surface area contributed by atoms with Crippen LogP contribution in [-0.4, -0.2) is 28.1 Å². The molecule has 1 aromatic carbocycles. The standard InChI is InChI=1S/C16H18N4/c1-17-10-14(12-5-7-18-8-6-12)13-3-4-16-15(9-13)19-11-20(16)2/h3-9,11,14,17H,10H2,1-2H3. The second-order valence-corrected chi connectivity index (χ2v) is 4.99. The smallest absolute Gasteiger partial charge is 0.0955 e. The van der Waals surface area contributed by atoms with Crippen LogP contribution in [0.1, 0.15) is 17.0 Å². The van der Waals surface area contributed by atoms with E-state index in [1.165, 1.54) is 11.1 Å². The minimum absolute atomic E-state index is 0.314. The molecule has 0 radical (unpaired) electrons. The summed E-state index contributed by atoms with van der Waals surface area (Å²) in [5.41, 5.74) is 4.74. The summed E-state index contributed by atoms with van der Waals surface area (Å²) in [6, 6.07) is 10.7. The lowest BCUT2D eigenvalue weighted by molar-refractivity contribution is 0.708. The molecule has 102 valence electrons. The summed E-state index contributed by atoms with van der Waals surface area (Å²) in [7, 11) is 4.00. The van der Waals surface area contributed by atoms with Crippen molar-refractivity contribution in [1.29, 1.82) is 0 Å². The van der Waals surface area contributed by atoms with Crippen molar-refractivity contribution in [3.05, 3.63) is 60.2 Å². The number of aromatic nitrogens is 3. The number of likely N-dealkylation sites (N-methyl/N-ethyl adjacent to an activating group) is 1. The molecule has 0 saturated heterocycles. The number of hydrogen-bond donors (Lipinski definition) is 1. The van der Waals surface area contributed by atoms with Gasteiger partial charge in [-0.05, 0) is 42.4 Å². The van der Waals surface area contributed by atoms with Crippen molar-refractivity contribution in [2.75, 3.05) is 13.6 Å². The average Bonchev–Trinajstić information content (AvgIpc) is 2.86. The Morgan fingerprint density at radius 3 is 2.70 bits per heavy atom. The molecule has 0 fully saturated rings. The largest absolute Gasteiger partial charge is 0.334 e. The third-order valence-electron chi connectivity index (χ3n) is 3.67. The Balaban J connectivity index is 2.05. The van der Waals surface area contributed by atoms with Crippen LogP contribution >= 0.6 is 0 Å². The topological polar surface area (TPSA) is 42.7 Å². The first kappa shape index (κ1) is 12.8. The molecular formula is C16H18N4. The number of pyridine rings is 1. The van der Waals surface area contributed by atoms with Crippen molar-refractivity contribution in [2.24, 2.45) is 7.05 Å². The molecule has 1 unspecified atom stereocenters. The highest BCUT2D eigenvalue weighted by atomic mass is 15.0. The predicted molar refractivity (Wildman–Crippen MR) is 80.7 cm³/mol. The van der Waals surface area contributed by atoms with Gasteiger partial charge in [0.15, 0.2) is 0 Å². The molecule has 3 aromatic rings. The van der Waals surface area contributed by atoms with Crippen LogP contribution in [0.25, 0.3) is 11.0 Å². The normalized spacial score (nSPS) is 12.7. The highest BCUT2D eigenvalue weighted by Crippen LogP contribution is 2.26. The fraction of sp³-hybridized carbons (Fsp3) is 0.250. The second kappa shape index (κ2) is 5.43. The lowest BCUT2D eigenvalue weighted by atomic mass is 9.91. The van der Waals surface area contributed by atoms with Gasteiger partial charge in [0.25, 0.3) is 0 Å². The van der Waals surface area contributed by atoms with E-state index in [2.05, 4.69) is 45.6 Å². The average molecular weight is 266 g/mol. The van der Waals surface area contributed by atoms with Gasteiger partial charge in [-0.2, -0.15) is 0 Å². The van der Waals surface area contributed by atoms with Crippen molar-refractivity contribution in [2.45, 2.75) is 5.92 Å². The highest BCUT2D eigenvalue weighted by molar-refractivity contribution is 5.76. The third-order valence-corrected chi connectivity index (χ3v) is 3.67. The molecule has 4 heteroatoms. The molecule has 0 aliphatic rings. The first-order chi connectivity index (χ1) is 9.79. The number of hydrogen-bond acceptors (Lipinski definition) is 3. The zero-order chi connectivity index (χ0) is 13.9. The zero-order valence-electron chi connectivity index (χ0n) is 11.7. The van der Waals surface area contributed by atoms with Gasteiger partial charge in [-0.15, -0.1) is 0 Å². The summed E-state index contributed by atoms with van der Waals surface area (Å²) in [5, 5.41) is 3.27. The molecule has 0 saturated carbocycles.